The highest BCUT2D eigenvalue weighted by Gasteiger charge is 2.28. The first-order valence-electron chi connectivity index (χ1n) is 9.91. The Balaban J connectivity index is 1.65. The van der Waals surface area contributed by atoms with Gasteiger partial charge in [0.15, 0.2) is 0 Å². The van der Waals surface area contributed by atoms with E-state index in [1.807, 2.05) is 4.90 Å². The molecule has 0 N–H and O–H groups in total. The van der Waals surface area contributed by atoms with Gasteiger partial charge in [-0.3, -0.25) is 14.6 Å². The highest BCUT2D eigenvalue weighted by atomic mass is 16.5. The maximum atomic E-state index is 12.4. The number of hydrogen-bond donors (Lipinski definition) is 0. The fraction of sp³-hybridized carbons (Fsp3) is 0.950. The molecule has 2 saturated heterocycles. The number of hydrogen-bond acceptors (Lipinski definition) is 4. The molecular weight excluding hydrogens is 314 g/mol. The number of ether oxygens (including phenoxy) is 1. The van der Waals surface area contributed by atoms with Crippen LogP contribution in [-0.2, 0) is 9.53 Å². The lowest BCUT2D eigenvalue weighted by Crippen LogP contribution is -2.51. The lowest BCUT2D eigenvalue weighted by Gasteiger charge is -2.41. The molecule has 0 radical (unpaired) electrons. The van der Waals surface area contributed by atoms with Crippen molar-refractivity contribution >= 4 is 5.91 Å². The van der Waals surface area contributed by atoms with Crippen molar-refractivity contribution in [3.8, 4) is 0 Å². The van der Waals surface area contributed by atoms with E-state index in [0.29, 0.717) is 5.41 Å². The average Bonchev–Trinajstić information content (AvgIpc) is 2.51. The van der Waals surface area contributed by atoms with E-state index in [4.69, 9.17) is 4.74 Å². The van der Waals surface area contributed by atoms with Crippen molar-refractivity contribution in [2.24, 2.45) is 5.41 Å². The Morgan fingerprint density at radius 2 is 1.48 bits per heavy atom. The first kappa shape index (κ1) is 20.7. The summed E-state index contributed by atoms with van der Waals surface area (Å²) >= 11 is 0. The van der Waals surface area contributed by atoms with E-state index in [1.54, 1.807) is 0 Å². The molecule has 146 valence electrons. The van der Waals surface area contributed by atoms with Crippen LogP contribution < -0.4 is 0 Å². The molecule has 0 saturated carbocycles. The number of likely N-dealkylation sites (tertiary alicyclic amines) is 1. The lowest BCUT2D eigenvalue weighted by molar-refractivity contribution is -0.141. The molecule has 2 aliphatic rings. The third-order valence-corrected chi connectivity index (χ3v) is 5.26. The van der Waals surface area contributed by atoms with Gasteiger partial charge in [0, 0.05) is 51.4 Å². The summed E-state index contributed by atoms with van der Waals surface area (Å²) in [6, 6.07) is 0. The largest absolute Gasteiger partial charge is 0.368 e. The van der Waals surface area contributed by atoms with Gasteiger partial charge in [-0.05, 0) is 39.0 Å². The molecule has 0 aromatic rings. The summed E-state index contributed by atoms with van der Waals surface area (Å²) in [5.74, 6) is 0.161. The van der Waals surface area contributed by atoms with Crippen molar-refractivity contribution in [2.75, 3.05) is 52.4 Å². The summed E-state index contributed by atoms with van der Waals surface area (Å²) in [7, 11) is 0. The van der Waals surface area contributed by atoms with E-state index in [0.717, 1.165) is 58.7 Å². The maximum absolute atomic E-state index is 12.4. The maximum Gasteiger partial charge on any atom is 0.248 e. The molecular formula is C20H39N3O2. The van der Waals surface area contributed by atoms with Gasteiger partial charge in [-0.2, -0.15) is 0 Å². The monoisotopic (exact) mass is 353 g/mol. The van der Waals surface area contributed by atoms with E-state index in [-0.39, 0.29) is 24.2 Å². The number of carbonyl (C=O) groups excluding carboxylic acids is 1. The van der Waals surface area contributed by atoms with Gasteiger partial charge in [0.1, 0.15) is 6.61 Å². The molecule has 0 aromatic heterocycles. The van der Waals surface area contributed by atoms with Crippen molar-refractivity contribution in [1.29, 1.82) is 0 Å². The quantitative estimate of drug-likeness (QED) is 0.778. The second kappa shape index (κ2) is 8.36. The molecule has 2 rings (SSSR count). The first-order chi connectivity index (χ1) is 11.5. The average molecular weight is 354 g/mol. The molecule has 2 fully saturated rings. The van der Waals surface area contributed by atoms with E-state index in [9.17, 15) is 4.79 Å². The number of amides is 1. The molecule has 1 amide bonds. The fourth-order valence-corrected chi connectivity index (χ4v) is 3.80. The zero-order valence-corrected chi connectivity index (χ0v) is 17.3. The van der Waals surface area contributed by atoms with E-state index >= 15 is 0 Å². The van der Waals surface area contributed by atoms with E-state index < -0.39 is 0 Å². The zero-order chi connectivity index (χ0) is 18.7. The molecule has 0 unspecified atom stereocenters. The van der Waals surface area contributed by atoms with Crippen LogP contribution in [0.4, 0.5) is 0 Å². The number of rotatable bonds is 4. The predicted molar refractivity (Wildman–Crippen MR) is 103 cm³/mol. The number of nitrogens with zero attached hydrogens (tertiary/aromatic N) is 3. The van der Waals surface area contributed by atoms with Crippen LogP contribution in [0.25, 0.3) is 0 Å². The summed E-state index contributed by atoms with van der Waals surface area (Å²) in [5, 5.41) is 0. The molecule has 5 nitrogen and oxygen atoms in total. The van der Waals surface area contributed by atoms with Crippen LogP contribution in [0.2, 0.25) is 0 Å². The SMILES string of the molecule is CC(C)(C)CN1CCN(C(=O)COC2CCN(C(C)(C)C)CC2)CC1. The summed E-state index contributed by atoms with van der Waals surface area (Å²) in [4.78, 5) is 19.4. The lowest BCUT2D eigenvalue weighted by atomic mass is 9.96. The molecule has 25 heavy (non-hydrogen) atoms. The van der Waals surface area contributed by atoms with Crippen LogP contribution >= 0.6 is 0 Å². The Morgan fingerprint density at radius 1 is 0.920 bits per heavy atom. The third kappa shape index (κ3) is 6.87. The van der Waals surface area contributed by atoms with Gasteiger partial charge in [0.05, 0.1) is 6.10 Å². The molecule has 0 aliphatic carbocycles. The highest BCUT2D eigenvalue weighted by Crippen LogP contribution is 2.22. The van der Waals surface area contributed by atoms with Crippen molar-refractivity contribution in [3.05, 3.63) is 0 Å². The summed E-state index contributed by atoms with van der Waals surface area (Å²) in [6.07, 6.45) is 2.30. The summed E-state index contributed by atoms with van der Waals surface area (Å²) in [5.41, 5.74) is 0.546. The third-order valence-electron chi connectivity index (χ3n) is 5.26. The minimum atomic E-state index is 0.161. The standard InChI is InChI=1S/C20H39N3O2/c1-19(2,3)16-21-11-13-22(14-12-21)18(24)15-25-17-7-9-23(10-8-17)20(4,5)6/h17H,7-16H2,1-6H3. The molecule has 0 spiro atoms. The molecule has 2 heterocycles. The molecule has 0 aromatic carbocycles. The smallest absolute Gasteiger partial charge is 0.248 e. The number of piperidine rings is 1. The van der Waals surface area contributed by atoms with Crippen LogP contribution in [0.15, 0.2) is 0 Å². The Hall–Kier alpha value is -0.650. The topological polar surface area (TPSA) is 36.0 Å². The Kier molecular flexibility index (Phi) is 6.91. The van der Waals surface area contributed by atoms with Gasteiger partial charge in [0.25, 0.3) is 0 Å². The van der Waals surface area contributed by atoms with Gasteiger partial charge < -0.3 is 9.64 Å². The summed E-state index contributed by atoms with van der Waals surface area (Å²) in [6.45, 7) is 20.7. The van der Waals surface area contributed by atoms with E-state index in [1.165, 1.54) is 0 Å². The van der Waals surface area contributed by atoms with Gasteiger partial charge in [-0.15, -0.1) is 0 Å². The van der Waals surface area contributed by atoms with Crippen molar-refractivity contribution in [1.82, 2.24) is 14.7 Å². The Labute approximate surface area is 154 Å². The first-order valence-corrected chi connectivity index (χ1v) is 9.91. The minimum Gasteiger partial charge on any atom is -0.368 e. The number of piperazine rings is 1. The van der Waals surface area contributed by atoms with Gasteiger partial charge >= 0.3 is 0 Å². The van der Waals surface area contributed by atoms with Gasteiger partial charge in [-0.25, -0.2) is 0 Å². The molecule has 0 bridgehead atoms. The van der Waals surface area contributed by atoms with Crippen LogP contribution in [0.5, 0.6) is 0 Å². The number of carbonyl (C=O) groups is 1. The predicted octanol–water partition coefficient (Wildman–Crippen LogP) is 2.46. The highest BCUT2D eigenvalue weighted by molar-refractivity contribution is 5.77. The van der Waals surface area contributed by atoms with Crippen LogP contribution in [0.3, 0.4) is 0 Å². The van der Waals surface area contributed by atoms with E-state index in [2.05, 4.69) is 51.3 Å². The second-order valence-electron chi connectivity index (χ2n) is 9.89. The van der Waals surface area contributed by atoms with Crippen LogP contribution in [-0.4, -0.2) is 84.7 Å². The fourth-order valence-electron chi connectivity index (χ4n) is 3.80. The van der Waals surface area contributed by atoms with Crippen molar-refractivity contribution in [3.63, 3.8) is 0 Å². The van der Waals surface area contributed by atoms with Gasteiger partial charge in [-0.1, -0.05) is 20.8 Å². The molecule has 0 atom stereocenters. The minimum absolute atomic E-state index is 0.161. The van der Waals surface area contributed by atoms with Gasteiger partial charge in [0.2, 0.25) is 5.91 Å². The normalized spacial score (nSPS) is 22.4. The van der Waals surface area contributed by atoms with Crippen LogP contribution in [0, 0.1) is 5.41 Å². The molecule has 5 heteroatoms. The zero-order valence-electron chi connectivity index (χ0n) is 17.3. The van der Waals surface area contributed by atoms with Crippen molar-refractivity contribution in [2.45, 2.75) is 66.0 Å². The molecule has 2 aliphatic heterocycles. The van der Waals surface area contributed by atoms with Crippen LogP contribution in [0.1, 0.15) is 54.4 Å². The van der Waals surface area contributed by atoms with Crippen molar-refractivity contribution < 1.29 is 9.53 Å². The summed E-state index contributed by atoms with van der Waals surface area (Å²) < 4.78 is 5.93. The second-order valence-corrected chi connectivity index (χ2v) is 9.89. The Bertz CT molecular complexity index is 423. The Morgan fingerprint density at radius 3 is 1.96 bits per heavy atom.